The van der Waals surface area contributed by atoms with Crippen LogP contribution >= 0.6 is 11.6 Å². The second-order valence-corrected chi connectivity index (χ2v) is 5.39. The van der Waals surface area contributed by atoms with Crippen LogP contribution in [0.15, 0.2) is 36.4 Å². The standard InChI is InChI=1S/C16H12ClFN2O5/c1-9-13(3-2-4-14(9)20(23)24)19-15(21)8-25-16(22)11-7-10(17)5-6-12(11)18/h2-7H,8H2,1H3,(H,19,21). The van der Waals surface area contributed by atoms with Gasteiger partial charge in [-0.3, -0.25) is 14.9 Å². The number of hydrogen-bond acceptors (Lipinski definition) is 5. The Kier molecular flexibility index (Phi) is 5.66. The number of rotatable bonds is 5. The van der Waals surface area contributed by atoms with Crippen LogP contribution in [0.25, 0.3) is 0 Å². The molecule has 130 valence electrons. The van der Waals surface area contributed by atoms with Gasteiger partial charge >= 0.3 is 5.97 Å². The third-order valence-corrected chi connectivity index (χ3v) is 3.49. The van der Waals surface area contributed by atoms with Gasteiger partial charge in [0.15, 0.2) is 6.61 Å². The van der Waals surface area contributed by atoms with E-state index in [1.165, 1.54) is 31.2 Å². The highest BCUT2D eigenvalue weighted by molar-refractivity contribution is 6.30. The van der Waals surface area contributed by atoms with Crippen molar-refractivity contribution in [3.63, 3.8) is 0 Å². The molecule has 0 atom stereocenters. The summed E-state index contributed by atoms with van der Waals surface area (Å²) in [6, 6.07) is 7.54. The summed E-state index contributed by atoms with van der Waals surface area (Å²) in [6.07, 6.45) is 0. The number of halogens is 2. The molecule has 2 aromatic rings. The van der Waals surface area contributed by atoms with Gasteiger partial charge in [0.25, 0.3) is 11.6 Å². The molecular weight excluding hydrogens is 355 g/mol. The molecule has 1 N–H and O–H groups in total. The van der Waals surface area contributed by atoms with Crippen LogP contribution < -0.4 is 5.32 Å². The normalized spacial score (nSPS) is 10.2. The molecule has 0 spiro atoms. The first-order valence-corrected chi connectivity index (χ1v) is 7.33. The maximum atomic E-state index is 13.5. The average Bonchev–Trinajstić information content (AvgIpc) is 2.56. The minimum absolute atomic E-state index is 0.144. The minimum atomic E-state index is -1.05. The molecule has 0 aliphatic carbocycles. The van der Waals surface area contributed by atoms with Crippen molar-refractivity contribution in [1.29, 1.82) is 0 Å². The Labute approximate surface area is 146 Å². The van der Waals surface area contributed by atoms with Crippen molar-refractivity contribution in [2.45, 2.75) is 6.92 Å². The zero-order chi connectivity index (χ0) is 18.6. The Hall–Kier alpha value is -3.00. The third kappa shape index (κ3) is 4.51. The van der Waals surface area contributed by atoms with E-state index in [4.69, 9.17) is 16.3 Å². The van der Waals surface area contributed by atoms with E-state index < -0.39 is 34.8 Å². The van der Waals surface area contributed by atoms with E-state index in [0.717, 1.165) is 12.1 Å². The van der Waals surface area contributed by atoms with Crippen molar-refractivity contribution in [3.05, 3.63) is 68.5 Å². The molecule has 0 aliphatic rings. The third-order valence-electron chi connectivity index (χ3n) is 3.26. The molecule has 0 unspecified atom stereocenters. The predicted octanol–water partition coefficient (Wildman–Crippen LogP) is 3.49. The molecule has 2 rings (SSSR count). The van der Waals surface area contributed by atoms with Crippen LogP contribution in [-0.2, 0) is 9.53 Å². The first-order chi connectivity index (χ1) is 11.8. The van der Waals surface area contributed by atoms with Gasteiger partial charge in [0, 0.05) is 11.1 Å². The van der Waals surface area contributed by atoms with E-state index >= 15 is 0 Å². The van der Waals surface area contributed by atoms with Crippen LogP contribution in [0, 0.1) is 22.9 Å². The highest BCUT2D eigenvalue weighted by Crippen LogP contribution is 2.25. The number of nitrogens with one attached hydrogen (secondary N) is 1. The number of esters is 1. The van der Waals surface area contributed by atoms with Gasteiger partial charge in [-0.2, -0.15) is 0 Å². The van der Waals surface area contributed by atoms with Gasteiger partial charge in [0.05, 0.1) is 21.7 Å². The number of carbonyl (C=O) groups excluding carboxylic acids is 2. The molecule has 1 amide bonds. The summed E-state index contributed by atoms with van der Waals surface area (Å²) in [5.74, 6) is -2.60. The van der Waals surface area contributed by atoms with Gasteiger partial charge in [-0.25, -0.2) is 9.18 Å². The number of nitro groups is 1. The molecule has 0 aromatic heterocycles. The quantitative estimate of drug-likeness (QED) is 0.496. The largest absolute Gasteiger partial charge is 0.452 e. The molecule has 0 saturated carbocycles. The topological polar surface area (TPSA) is 98.5 Å². The first-order valence-electron chi connectivity index (χ1n) is 6.95. The molecule has 2 aromatic carbocycles. The maximum absolute atomic E-state index is 13.5. The Balaban J connectivity index is 2.02. The Bertz CT molecular complexity index is 856. The summed E-state index contributed by atoms with van der Waals surface area (Å²) in [7, 11) is 0. The Morgan fingerprint density at radius 3 is 2.72 bits per heavy atom. The number of anilines is 1. The van der Waals surface area contributed by atoms with E-state index in [1.54, 1.807) is 0 Å². The zero-order valence-corrected chi connectivity index (χ0v) is 13.7. The molecule has 25 heavy (non-hydrogen) atoms. The van der Waals surface area contributed by atoms with Crippen molar-refractivity contribution < 1.29 is 23.6 Å². The van der Waals surface area contributed by atoms with E-state index in [0.29, 0.717) is 0 Å². The number of carbonyl (C=O) groups is 2. The van der Waals surface area contributed by atoms with Gasteiger partial charge in [0.2, 0.25) is 0 Å². The predicted molar refractivity (Wildman–Crippen MR) is 88.2 cm³/mol. The van der Waals surface area contributed by atoms with Crippen molar-refractivity contribution >= 4 is 34.9 Å². The fourth-order valence-corrected chi connectivity index (χ4v) is 2.18. The second-order valence-electron chi connectivity index (χ2n) is 4.96. The summed E-state index contributed by atoms with van der Waals surface area (Å²) < 4.78 is 18.3. The smallest absolute Gasteiger partial charge is 0.341 e. The van der Waals surface area contributed by atoms with Crippen molar-refractivity contribution in [1.82, 2.24) is 0 Å². The monoisotopic (exact) mass is 366 g/mol. The van der Waals surface area contributed by atoms with Crippen LogP contribution in [-0.4, -0.2) is 23.4 Å². The van der Waals surface area contributed by atoms with Crippen LogP contribution in [0.4, 0.5) is 15.8 Å². The molecule has 0 saturated heterocycles. The highest BCUT2D eigenvalue weighted by atomic mass is 35.5. The van der Waals surface area contributed by atoms with E-state index in [-0.39, 0.29) is 22.0 Å². The maximum Gasteiger partial charge on any atom is 0.341 e. The summed E-state index contributed by atoms with van der Waals surface area (Å²) in [6.45, 7) is 0.786. The summed E-state index contributed by atoms with van der Waals surface area (Å²) in [5, 5.41) is 13.4. The molecule has 0 aliphatic heterocycles. The molecule has 0 heterocycles. The number of benzene rings is 2. The van der Waals surface area contributed by atoms with E-state index in [1.807, 2.05) is 0 Å². The van der Waals surface area contributed by atoms with Crippen LogP contribution in [0.5, 0.6) is 0 Å². The molecule has 0 radical (unpaired) electrons. The molecule has 0 fully saturated rings. The lowest BCUT2D eigenvalue weighted by molar-refractivity contribution is -0.385. The van der Waals surface area contributed by atoms with E-state index in [2.05, 4.69) is 5.32 Å². The lowest BCUT2D eigenvalue weighted by atomic mass is 10.1. The van der Waals surface area contributed by atoms with Crippen molar-refractivity contribution in [2.75, 3.05) is 11.9 Å². The average molecular weight is 367 g/mol. The number of nitro benzene ring substituents is 1. The fraction of sp³-hybridized carbons (Fsp3) is 0.125. The van der Waals surface area contributed by atoms with Crippen LogP contribution in [0.3, 0.4) is 0 Å². The number of ether oxygens (including phenoxy) is 1. The van der Waals surface area contributed by atoms with Gasteiger partial charge in [-0.1, -0.05) is 17.7 Å². The van der Waals surface area contributed by atoms with Crippen LogP contribution in [0.2, 0.25) is 5.02 Å². The second kappa shape index (κ2) is 7.71. The summed E-state index contributed by atoms with van der Waals surface area (Å²) >= 11 is 5.68. The lowest BCUT2D eigenvalue weighted by Gasteiger charge is -2.09. The molecular formula is C16H12ClFN2O5. The zero-order valence-electron chi connectivity index (χ0n) is 12.9. The summed E-state index contributed by atoms with van der Waals surface area (Å²) in [4.78, 5) is 33.9. The van der Waals surface area contributed by atoms with Crippen LogP contribution in [0.1, 0.15) is 15.9 Å². The Morgan fingerprint density at radius 2 is 2.04 bits per heavy atom. The number of amides is 1. The van der Waals surface area contributed by atoms with Crippen molar-refractivity contribution in [2.24, 2.45) is 0 Å². The number of nitrogens with zero attached hydrogens (tertiary/aromatic N) is 1. The van der Waals surface area contributed by atoms with Gasteiger partial charge in [-0.15, -0.1) is 0 Å². The molecule has 7 nitrogen and oxygen atoms in total. The lowest BCUT2D eigenvalue weighted by Crippen LogP contribution is -2.22. The molecule has 9 heteroatoms. The van der Waals surface area contributed by atoms with E-state index in [9.17, 15) is 24.1 Å². The first kappa shape index (κ1) is 18.3. The minimum Gasteiger partial charge on any atom is -0.452 e. The van der Waals surface area contributed by atoms with Gasteiger partial charge < -0.3 is 10.1 Å². The Morgan fingerprint density at radius 1 is 1.32 bits per heavy atom. The van der Waals surface area contributed by atoms with Gasteiger partial charge in [0.1, 0.15) is 5.82 Å². The summed E-state index contributed by atoms with van der Waals surface area (Å²) in [5.41, 5.74) is -0.0835. The number of hydrogen-bond donors (Lipinski definition) is 1. The molecule has 0 bridgehead atoms. The fourth-order valence-electron chi connectivity index (χ4n) is 2.01. The van der Waals surface area contributed by atoms with Gasteiger partial charge in [-0.05, 0) is 31.2 Å². The SMILES string of the molecule is Cc1c(NC(=O)COC(=O)c2cc(Cl)ccc2F)cccc1[N+](=O)[O-]. The van der Waals surface area contributed by atoms with Crippen molar-refractivity contribution in [3.8, 4) is 0 Å². The highest BCUT2D eigenvalue weighted by Gasteiger charge is 2.17.